The second-order valence-corrected chi connectivity index (χ2v) is 24.4. The molecule has 22 heavy (non-hydrogen) atoms. The summed E-state index contributed by atoms with van der Waals surface area (Å²) in [7, 11) is -4.62. The first-order valence-electron chi connectivity index (χ1n) is 8.83. The topological polar surface area (TPSA) is 18.5 Å². The first-order chi connectivity index (χ1) is 9.43. The van der Waals surface area contributed by atoms with Crippen molar-refractivity contribution in [1.82, 2.24) is 0 Å². The lowest BCUT2D eigenvalue weighted by molar-refractivity contribution is 0.0614. The van der Waals surface area contributed by atoms with Crippen molar-refractivity contribution in [1.29, 1.82) is 0 Å². The molecule has 0 spiro atoms. The summed E-state index contributed by atoms with van der Waals surface area (Å²) in [6.07, 6.45) is 1.03. The Morgan fingerprint density at radius 2 is 1.18 bits per heavy atom. The Bertz CT molecular complexity index is 354. The molecule has 0 heterocycles. The maximum atomic E-state index is 6.88. The molecule has 134 valence electrons. The van der Waals surface area contributed by atoms with Crippen LogP contribution in [-0.4, -0.2) is 35.5 Å². The van der Waals surface area contributed by atoms with E-state index in [1.807, 2.05) is 0 Å². The summed E-state index contributed by atoms with van der Waals surface area (Å²) in [5.41, 5.74) is -0.0977. The lowest BCUT2D eigenvalue weighted by atomic mass is 10.2. The lowest BCUT2D eigenvalue weighted by Gasteiger charge is -2.48. The van der Waals surface area contributed by atoms with Crippen LogP contribution in [-0.2, 0) is 8.85 Å². The summed E-state index contributed by atoms with van der Waals surface area (Å²) in [5.74, 6) is 0. The van der Waals surface area contributed by atoms with E-state index in [0.717, 1.165) is 6.42 Å². The first-order valence-corrected chi connectivity index (χ1v) is 18.6. The molecule has 0 fully saturated rings. The SMILES string of the molecule is CC[C@](C)(O[Si](C)(C)CC[Si](C)(C)C)[Si](C)(C)OC(C)(C)C. The summed E-state index contributed by atoms with van der Waals surface area (Å²) in [4.78, 5) is 0. The molecule has 0 bridgehead atoms. The van der Waals surface area contributed by atoms with Crippen LogP contribution in [0.5, 0.6) is 0 Å². The summed E-state index contributed by atoms with van der Waals surface area (Å²) < 4.78 is 13.4. The van der Waals surface area contributed by atoms with Crippen molar-refractivity contribution in [3.05, 3.63) is 0 Å². The van der Waals surface area contributed by atoms with Gasteiger partial charge in [0.05, 0.1) is 5.22 Å². The lowest BCUT2D eigenvalue weighted by Crippen LogP contribution is -2.62. The zero-order chi connectivity index (χ0) is 18.0. The van der Waals surface area contributed by atoms with E-state index in [2.05, 4.69) is 80.4 Å². The molecule has 0 saturated carbocycles. The fourth-order valence-electron chi connectivity index (χ4n) is 2.83. The van der Waals surface area contributed by atoms with E-state index in [1.54, 1.807) is 0 Å². The zero-order valence-electron chi connectivity index (χ0n) is 17.4. The van der Waals surface area contributed by atoms with Gasteiger partial charge in [-0.1, -0.05) is 32.6 Å². The van der Waals surface area contributed by atoms with Gasteiger partial charge in [0.1, 0.15) is 0 Å². The van der Waals surface area contributed by atoms with Gasteiger partial charge in [0.2, 0.25) is 8.32 Å². The van der Waals surface area contributed by atoms with E-state index < -0.39 is 24.7 Å². The summed E-state index contributed by atoms with van der Waals surface area (Å²) >= 11 is 0. The van der Waals surface area contributed by atoms with E-state index in [4.69, 9.17) is 8.85 Å². The highest BCUT2D eigenvalue weighted by Crippen LogP contribution is 2.36. The van der Waals surface area contributed by atoms with Crippen molar-refractivity contribution >= 4 is 24.7 Å². The first kappa shape index (κ1) is 22.6. The van der Waals surface area contributed by atoms with Gasteiger partial charge in [0, 0.05) is 13.7 Å². The van der Waals surface area contributed by atoms with Gasteiger partial charge in [-0.2, -0.15) is 0 Å². The van der Waals surface area contributed by atoms with Gasteiger partial charge in [-0.3, -0.25) is 0 Å². The molecule has 0 saturated heterocycles. The van der Waals surface area contributed by atoms with Gasteiger partial charge < -0.3 is 8.85 Å². The molecular weight excluding hydrogens is 320 g/mol. The Morgan fingerprint density at radius 1 is 0.727 bits per heavy atom. The highest BCUT2D eigenvalue weighted by Gasteiger charge is 2.49. The van der Waals surface area contributed by atoms with Gasteiger partial charge >= 0.3 is 0 Å². The fourth-order valence-corrected chi connectivity index (χ4v) is 14.1. The van der Waals surface area contributed by atoms with E-state index in [-0.39, 0.29) is 10.8 Å². The highest BCUT2D eigenvalue weighted by atomic mass is 28.4. The van der Waals surface area contributed by atoms with Crippen LogP contribution in [0.15, 0.2) is 0 Å². The Kier molecular flexibility index (Phi) is 7.40. The van der Waals surface area contributed by atoms with Gasteiger partial charge in [-0.15, -0.1) is 0 Å². The Labute approximate surface area is 143 Å². The van der Waals surface area contributed by atoms with Crippen LogP contribution in [0.4, 0.5) is 0 Å². The summed E-state index contributed by atoms with van der Waals surface area (Å²) in [6.45, 7) is 27.8. The fraction of sp³-hybridized carbons (Fsp3) is 1.00. The third-order valence-corrected chi connectivity index (χ3v) is 13.5. The quantitative estimate of drug-likeness (QED) is 0.473. The number of hydrogen-bond donors (Lipinski definition) is 0. The minimum Gasteiger partial charge on any atom is -0.412 e. The van der Waals surface area contributed by atoms with Crippen LogP contribution < -0.4 is 0 Å². The number of rotatable bonds is 8. The van der Waals surface area contributed by atoms with Crippen molar-refractivity contribution in [3.63, 3.8) is 0 Å². The Hall–Kier alpha value is 0.571. The van der Waals surface area contributed by atoms with Crippen LogP contribution in [0.25, 0.3) is 0 Å². The molecule has 0 aromatic rings. The maximum absolute atomic E-state index is 6.88. The standard InChI is InChI=1S/C17H42O2Si3/c1-13-17(5,22(11,12)18-16(2,3)4)19-21(9,10)15-14-20(6,7)8/h13-15H2,1-12H3/t17-/m1/s1. The molecule has 2 nitrogen and oxygen atoms in total. The largest absolute Gasteiger partial charge is 0.412 e. The van der Waals surface area contributed by atoms with E-state index in [0.29, 0.717) is 0 Å². The third-order valence-electron chi connectivity index (χ3n) is 4.49. The molecule has 1 atom stereocenters. The molecule has 0 aromatic carbocycles. The van der Waals surface area contributed by atoms with Crippen molar-refractivity contribution < 1.29 is 8.85 Å². The van der Waals surface area contributed by atoms with Crippen molar-refractivity contribution in [2.45, 2.75) is 110 Å². The molecule has 0 unspecified atom stereocenters. The third kappa shape index (κ3) is 7.90. The average Bonchev–Trinajstić information content (AvgIpc) is 2.21. The number of hydrogen-bond acceptors (Lipinski definition) is 2. The monoisotopic (exact) mass is 362 g/mol. The van der Waals surface area contributed by atoms with Gasteiger partial charge in [0.25, 0.3) is 0 Å². The van der Waals surface area contributed by atoms with Crippen LogP contribution >= 0.6 is 0 Å². The van der Waals surface area contributed by atoms with E-state index >= 15 is 0 Å². The predicted molar refractivity (Wildman–Crippen MR) is 109 cm³/mol. The minimum absolute atomic E-state index is 0.0977. The minimum atomic E-state index is -1.95. The van der Waals surface area contributed by atoms with Gasteiger partial charge in [-0.25, -0.2) is 0 Å². The van der Waals surface area contributed by atoms with E-state index in [1.165, 1.54) is 12.1 Å². The molecule has 0 aliphatic rings. The Balaban J connectivity index is 5.14. The molecule has 0 radical (unpaired) electrons. The maximum Gasteiger partial charge on any atom is 0.217 e. The normalized spacial score (nSPS) is 17.5. The zero-order valence-corrected chi connectivity index (χ0v) is 20.4. The average molecular weight is 363 g/mol. The second kappa shape index (κ2) is 7.21. The van der Waals surface area contributed by atoms with Crippen LogP contribution in [0.1, 0.15) is 41.0 Å². The summed E-state index contributed by atoms with van der Waals surface area (Å²) in [6, 6.07) is 2.65. The Morgan fingerprint density at radius 3 is 1.50 bits per heavy atom. The molecule has 0 aliphatic heterocycles. The molecule has 0 aromatic heterocycles. The molecule has 0 amide bonds. The highest BCUT2D eigenvalue weighted by molar-refractivity contribution is 6.80. The van der Waals surface area contributed by atoms with Crippen molar-refractivity contribution in [2.24, 2.45) is 0 Å². The molecule has 0 aliphatic carbocycles. The second-order valence-electron chi connectivity index (χ2n) is 10.2. The molecular formula is C17H42O2Si3. The van der Waals surface area contributed by atoms with Crippen molar-refractivity contribution in [2.75, 3.05) is 0 Å². The van der Waals surface area contributed by atoms with E-state index in [9.17, 15) is 0 Å². The van der Waals surface area contributed by atoms with Crippen LogP contribution in [0.3, 0.4) is 0 Å². The molecule has 0 N–H and O–H groups in total. The van der Waals surface area contributed by atoms with Crippen LogP contribution in [0.2, 0.25) is 57.9 Å². The summed E-state index contributed by atoms with van der Waals surface area (Å²) in [5, 5.41) is -0.102. The predicted octanol–water partition coefficient (Wildman–Crippen LogP) is 6.27. The smallest absolute Gasteiger partial charge is 0.217 e. The van der Waals surface area contributed by atoms with Crippen LogP contribution in [0, 0.1) is 0 Å². The van der Waals surface area contributed by atoms with Crippen molar-refractivity contribution in [3.8, 4) is 0 Å². The van der Waals surface area contributed by atoms with Gasteiger partial charge in [-0.05, 0) is 66.3 Å². The molecule has 5 heteroatoms. The molecule has 0 rings (SSSR count). The van der Waals surface area contributed by atoms with Gasteiger partial charge in [0.15, 0.2) is 8.32 Å².